The van der Waals surface area contributed by atoms with Crippen LogP contribution in [-0.4, -0.2) is 15.5 Å². The number of benzene rings is 2. The highest BCUT2D eigenvalue weighted by Crippen LogP contribution is 2.16. The standard InChI is InChI=1S/C18H16FN3O/c19-16-8-4-7-15(11-16)18(23)21-17(12-22-10-9-20-13-22)14-5-2-1-3-6-14/h1-11,13,17H,12H2,(H,21,23). The van der Waals surface area contributed by atoms with Gasteiger partial charge in [-0.2, -0.15) is 0 Å². The van der Waals surface area contributed by atoms with Crippen LogP contribution in [-0.2, 0) is 6.54 Å². The molecule has 5 heteroatoms. The number of halogens is 1. The second kappa shape index (κ2) is 6.87. The van der Waals surface area contributed by atoms with Gasteiger partial charge in [0.25, 0.3) is 5.91 Å². The Morgan fingerprint density at radius 2 is 2.00 bits per heavy atom. The van der Waals surface area contributed by atoms with Crippen LogP contribution in [0, 0.1) is 5.82 Å². The van der Waals surface area contributed by atoms with Crippen molar-refractivity contribution in [3.05, 3.63) is 90.3 Å². The summed E-state index contributed by atoms with van der Waals surface area (Å²) in [4.78, 5) is 16.4. The number of hydrogen-bond donors (Lipinski definition) is 1. The molecule has 2 aromatic carbocycles. The predicted octanol–water partition coefficient (Wildman–Crippen LogP) is 3.19. The number of hydrogen-bond acceptors (Lipinski definition) is 2. The van der Waals surface area contributed by atoms with Gasteiger partial charge in [-0.05, 0) is 23.8 Å². The molecule has 3 rings (SSSR count). The van der Waals surface area contributed by atoms with Gasteiger partial charge in [0.2, 0.25) is 0 Å². The van der Waals surface area contributed by atoms with E-state index in [1.807, 2.05) is 41.1 Å². The minimum absolute atomic E-state index is 0.235. The molecule has 0 aliphatic rings. The molecule has 4 nitrogen and oxygen atoms in total. The second-order valence-electron chi connectivity index (χ2n) is 5.21. The lowest BCUT2D eigenvalue weighted by molar-refractivity contribution is 0.0932. The smallest absolute Gasteiger partial charge is 0.251 e. The first-order valence-electron chi connectivity index (χ1n) is 7.29. The molecular weight excluding hydrogens is 293 g/mol. The quantitative estimate of drug-likeness (QED) is 0.787. The van der Waals surface area contributed by atoms with Crippen LogP contribution in [0.3, 0.4) is 0 Å². The van der Waals surface area contributed by atoms with E-state index in [2.05, 4.69) is 10.3 Å². The molecule has 0 aliphatic carbocycles. The number of nitrogens with one attached hydrogen (secondary N) is 1. The molecule has 1 unspecified atom stereocenters. The van der Waals surface area contributed by atoms with Gasteiger partial charge in [0, 0.05) is 24.5 Å². The van der Waals surface area contributed by atoms with Gasteiger partial charge in [-0.3, -0.25) is 4.79 Å². The summed E-state index contributed by atoms with van der Waals surface area (Å²) in [7, 11) is 0. The van der Waals surface area contributed by atoms with E-state index in [4.69, 9.17) is 0 Å². The van der Waals surface area contributed by atoms with Crippen molar-refractivity contribution in [3.8, 4) is 0 Å². The molecule has 0 bridgehead atoms. The summed E-state index contributed by atoms with van der Waals surface area (Å²) in [5.41, 5.74) is 1.28. The molecule has 0 saturated heterocycles. The normalized spacial score (nSPS) is 11.9. The van der Waals surface area contributed by atoms with Crippen LogP contribution in [0.15, 0.2) is 73.3 Å². The number of carbonyl (C=O) groups excluding carboxylic acids is 1. The van der Waals surface area contributed by atoms with Gasteiger partial charge in [-0.1, -0.05) is 36.4 Å². The number of imidazole rings is 1. The van der Waals surface area contributed by atoms with E-state index < -0.39 is 5.82 Å². The van der Waals surface area contributed by atoms with Crippen LogP contribution in [0.1, 0.15) is 22.0 Å². The number of aromatic nitrogens is 2. The highest BCUT2D eigenvalue weighted by atomic mass is 19.1. The lowest BCUT2D eigenvalue weighted by Gasteiger charge is -2.20. The third-order valence-corrected chi connectivity index (χ3v) is 3.55. The number of carbonyl (C=O) groups is 1. The lowest BCUT2D eigenvalue weighted by Crippen LogP contribution is -2.31. The molecule has 1 heterocycles. The summed E-state index contributed by atoms with van der Waals surface area (Å²) >= 11 is 0. The molecule has 0 saturated carbocycles. The number of amides is 1. The summed E-state index contributed by atoms with van der Waals surface area (Å²) in [6.45, 7) is 0.547. The number of rotatable bonds is 5. The summed E-state index contributed by atoms with van der Waals surface area (Å²) < 4.78 is 15.2. The van der Waals surface area contributed by atoms with Crippen molar-refractivity contribution in [2.75, 3.05) is 0 Å². The van der Waals surface area contributed by atoms with Crippen molar-refractivity contribution in [3.63, 3.8) is 0 Å². The van der Waals surface area contributed by atoms with Crippen molar-refractivity contribution in [1.29, 1.82) is 0 Å². The summed E-state index contributed by atoms with van der Waals surface area (Å²) in [5, 5.41) is 2.96. The second-order valence-corrected chi connectivity index (χ2v) is 5.21. The van der Waals surface area contributed by atoms with Crippen molar-refractivity contribution in [1.82, 2.24) is 14.9 Å². The number of nitrogens with zero attached hydrogens (tertiary/aromatic N) is 2. The van der Waals surface area contributed by atoms with Gasteiger partial charge < -0.3 is 9.88 Å². The molecule has 3 aromatic rings. The third kappa shape index (κ3) is 3.83. The van der Waals surface area contributed by atoms with Crippen LogP contribution in [0.25, 0.3) is 0 Å². The van der Waals surface area contributed by atoms with E-state index >= 15 is 0 Å². The van der Waals surface area contributed by atoms with E-state index in [9.17, 15) is 9.18 Å². The van der Waals surface area contributed by atoms with E-state index in [0.717, 1.165) is 5.56 Å². The van der Waals surface area contributed by atoms with Crippen molar-refractivity contribution < 1.29 is 9.18 Å². The Balaban J connectivity index is 1.82. The van der Waals surface area contributed by atoms with Gasteiger partial charge in [0.1, 0.15) is 5.82 Å². The third-order valence-electron chi connectivity index (χ3n) is 3.55. The van der Waals surface area contributed by atoms with Crippen LogP contribution in [0.5, 0.6) is 0 Å². The van der Waals surface area contributed by atoms with E-state index in [-0.39, 0.29) is 11.9 Å². The summed E-state index contributed by atoms with van der Waals surface area (Å²) in [5.74, 6) is -0.734. The fourth-order valence-corrected chi connectivity index (χ4v) is 2.40. The topological polar surface area (TPSA) is 46.9 Å². The van der Waals surface area contributed by atoms with Crippen LogP contribution >= 0.6 is 0 Å². The zero-order valence-corrected chi connectivity index (χ0v) is 12.4. The maximum absolute atomic E-state index is 13.3. The molecule has 0 radical (unpaired) electrons. The SMILES string of the molecule is O=C(NC(Cn1ccnc1)c1ccccc1)c1cccc(F)c1. The average Bonchev–Trinajstić information content (AvgIpc) is 3.08. The Hall–Kier alpha value is -2.95. The van der Waals surface area contributed by atoms with Crippen LogP contribution in [0.4, 0.5) is 4.39 Å². The maximum Gasteiger partial charge on any atom is 0.251 e. The highest BCUT2D eigenvalue weighted by molar-refractivity contribution is 5.94. The monoisotopic (exact) mass is 309 g/mol. The fourth-order valence-electron chi connectivity index (χ4n) is 2.40. The molecule has 1 amide bonds. The Bertz CT molecular complexity index is 772. The van der Waals surface area contributed by atoms with Gasteiger partial charge in [-0.15, -0.1) is 0 Å². The van der Waals surface area contributed by atoms with Gasteiger partial charge in [0.15, 0.2) is 0 Å². The van der Waals surface area contributed by atoms with Crippen molar-refractivity contribution in [2.24, 2.45) is 0 Å². The van der Waals surface area contributed by atoms with Crippen molar-refractivity contribution >= 4 is 5.91 Å². The van der Waals surface area contributed by atoms with E-state index in [1.165, 1.54) is 18.2 Å². The first-order chi connectivity index (χ1) is 11.2. The molecule has 1 N–H and O–H groups in total. The summed E-state index contributed by atoms with van der Waals surface area (Å²) in [6.07, 6.45) is 5.23. The predicted molar refractivity (Wildman–Crippen MR) is 85.3 cm³/mol. The molecular formula is C18H16FN3O. The molecule has 0 aliphatic heterocycles. The molecule has 1 aromatic heterocycles. The lowest BCUT2D eigenvalue weighted by atomic mass is 10.1. The zero-order chi connectivity index (χ0) is 16.1. The van der Waals surface area contributed by atoms with Crippen molar-refractivity contribution in [2.45, 2.75) is 12.6 Å². The molecule has 1 atom stereocenters. The highest BCUT2D eigenvalue weighted by Gasteiger charge is 2.16. The van der Waals surface area contributed by atoms with E-state index in [1.54, 1.807) is 18.6 Å². The van der Waals surface area contributed by atoms with Crippen LogP contribution < -0.4 is 5.32 Å². The molecule has 23 heavy (non-hydrogen) atoms. The average molecular weight is 309 g/mol. The van der Waals surface area contributed by atoms with Crippen LogP contribution in [0.2, 0.25) is 0 Å². The van der Waals surface area contributed by atoms with Gasteiger partial charge in [0.05, 0.1) is 12.4 Å². The first-order valence-corrected chi connectivity index (χ1v) is 7.29. The Morgan fingerprint density at radius 3 is 2.70 bits per heavy atom. The summed E-state index contributed by atoms with van der Waals surface area (Å²) in [6, 6.07) is 15.1. The Kier molecular flexibility index (Phi) is 4.47. The maximum atomic E-state index is 13.3. The molecule has 116 valence electrons. The minimum atomic E-state index is -0.427. The Morgan fingerprint density at radius 1 is 1.17 bits per heavy atom. The molecule has 0 fully saturated rings. The molecule has 0 spiro atoms. The zero-order valence-electron chi connectivity index (χ0n) is 12.4. The van der Waals surface area contributed by atoms with Gasteiger partial charge in [-0.25, -0.2) is 9.37 Å². The first kappa shape index (κ1) is 15.0. The van der Waals surface area contributed by atoms with Gasteiger partial charge >= 0.3 is 0 Å². The minimum Gasteiger partial charge on any atom is -0.343 e. The van der Waals surface area contributed by atoms with E-state index in [0.29, 0.717) is 12.1 Å². The fraction of sp³-hybridized carbons (Fsp3) is 0.111. The largest absolute Gasteiger partial charge is 0.343 e. The Labute approximate surface area is 133 Å².